The van der Waals surface area contributed by atoms with Crippen molar-refractivity contribution in [2.24, 2.45) is 0 Å². The average Bonchev–Trinajstić information content (AvgIpc) is 3.27. The van der Waals surface area contributed by atoms with E-state index >= 15 is 0 Å². The van der Waals surface area contributed by atoms with E-state index in [0.717, 1.165) is 16.7 Å². The number of carbonyl (C=O) groups is 1. The summed E-state index contributed by atoms with van der Waals surface area (Å²) in [5.74, 6) is -2.55. The predicted molar refractivity (Wildman–Crippen MR) is 121 cm³/mol. The van der Waals surface area contributed by atoms with Gasteiger partial charge in [0.05, 0.1) is 10.9 Å². The second-order valence-electron chi connectivity index (χ2n) is 9.01. The lowest BCUT2D eigenvalue weighted by molar-refractivity contribution is -0.139. The Kier molecular flexibility index (Phi) is 5.83. The largest absolute Gasteiger partial charge is 0.417 e. The number of nitrogen functional groups attached to an aromatic ring is 1. The normalized spacial score (nSPS) is 18.6. The number of carbonyl (C=O) groups excluding carboxylic acids is 1. The fraction of sp³-hybridized carbons (Fsp3) is 0.348. The minimum atomic E-state index is -4.66. The lowest BCUT2D eigenvalue weighted by Gasteiger charge is -2.37. The smallest absolute Gasteiger partial charge is 0.368 e. The molecule has 4 heterocycles. The van der Waals surface area contributed by atoms with Crippen LogP contribution in [0.5, 0.6) is 0 Å². The molecule has 2 atom stereocenters. The number of piperidine rings is 1. The highest BCUT2D eigenvalue weighted by Crippen LogP contribution is 2.31. The van der Waals surface area contributed by atoms with Gasteiger partial charge in [-0.1, -0.05) is 0 Å². The number of pyridine rings is 1. The van der Waals surface area contributed by atoms with E-state index in [-0.39, 0.29) is 40.9 Å². The van der Waals surface area contributed by atoms with Crippen LogP contribution in [0.15, 0.2) is 35.3 Å². The van der Waals surface area contributed by atoms with E-state index < -0.39 is 47.3 Å². The lowest BCUT2D eigenvalue weighted by Crippen LogP contribution is -2.47. The molecule has 0 bridgehead atoms. The Morgan fingerprint density at radius 1 is 1.16 bits per heavy atom. The zero-order valence-electron chi connectivity index (χ0n) is 19.3. The van der Waals surface area contributed by atoms with Crippen LogP contribution in [0.25, 0.3) is 16.6 Å². The van der Waals surface area contributed by atoms with Crippen molar-refractivity contribution in [2.45, 2.75) is 44.4 Å². The van der Waals surface area contributed by atoms with Gasteiger partial charge in [-0.25, -0.2) is 18.7 Å². The van der Waals surface area contributed by atoms with Gasteiger partial charge in [0.2, 0.25) is 11.9 Å². The molecule has 1 amide bonds. The van der Waals surface area contributed by atoms with Gasteiger partial charge in [0, 0.05) is 36.8 Å². The van der Waals surface area contributed by atoms with Crippen LogP contribution >= 0.6 is 0 Å². The first kappa shape index (κ1) is 24.6. The van der Waals surface area contributed by atoms with Gasteiger partial charge in [0.1, 0.15) is 17.9 Å². The van der Waals surface area contributed by atoms with Crippen LogP contribution in [0.4, 0.5) is 27.9 Å². The van der Waals surface area contributed by atoms with Crippen LogP contribution in [-0.2, 0) is 17.5 Å². The maximum atomic E-state index is 14.3. The molecular weight excluding hydrogens is 501 g/mol. The number of anilines is 1. The summed E-state index contributed by atoms with van der Waals surface area (Å²) in [6.07, 6.45) is -2.95. The Balaban J connectivity index is 1.44. The van der Waals surface area contributed by atoms with Gasteiger partial charge in [-0.2, -0.15) is 17.7 Å². The summed E-state index contributed by atoms with van der Waals surface area (Å²) < 4.78 is 69.2. The summed E-state index contributed by atoms with van der Waals surface area (Å²) in [4.78, 5) is 35.0. The average molecular weight is 521 g/mol. The van der Waals surface area contributed by atoms with E-state index in [1.54, 1.807) is 6.92 Å². The molecule has 1 aliphatic rings. The summed E-state index contributed by atoms with van der Waals surface area (Å²) in [5.41, 5.74) is 4.09. The van der Waals surface area contributed by atoms with Crippen LogP contribution in [0.1, 0.15) is 37.1 Å². The molecule has 1 saturated heterocycles. The van der Waals surface area contributed by atoms with Gasteiger partial charge in [-0.3, -0.25) is 9.59 Å². The standard InChI is InChI=1S/C23H20F5N7O2/c1-11-2-3-12(8-34(11)18(37)10-33-9-13(23(26,27)28)4-5-17(33)36)20-31-21-15-6-14(24)7-16(25)19(15)30-22(29)35(21)32-20/h4-7,9,11-12H,2-3,8,10H2,1H3,(H2,29,30)/t11-,12+/m0/s1. The molecule has 5 rings (SSSR count). The van der Waals surface area contributed by atoms with Gasteiger partial charge in [-0.15, -0.1) is 5.10 Å². The first-order valence-electron chi connectivity index (χ1n) is 11.3. The first-order valence-corrected chi connectivity index (χ1v) is 11.3. The van der Waals surface area contributed by atoms with Crippen molar-refractivity contribution >= 4 is 28.4 Å². The van der Waals surface area contributed by atoms with E-state index in [1.165, 1.54) is 9.42 Å². The molecule has 194 valence electrons. The number of aromatic nitrogens is 5. The zero-order chi connectivity index (χ0) is 26.6. The highest BCUT2D eigenvalue weighted by atomic mass is 19.4. The summed E-state index contributed by atoms with van der Waals surface area (Å²) in [6, 6.07) is 2.94. The molecule has 2 N–H and O–H groups in total. The van der Waals surface area contributed by atoms with E-state index in [1.807, 2.05) is 0 Å². The zero-order valence-corrected chi connectivity index (χ0v) is 19.3. The van der Waals surface area contributed by atoms with Gasteiger partial charge < -0.3 is 15.2 Å². The number of benzene rings is 1. The number of hydrogen-bond donors (Lipinski definition) is 1. The number of hydrogen-bond acceptors (Lipinski definition) is 6. The Morgan fingerprint density at radius 2 is 1.92 bits per heavy atom. The van der Waals surface area contributed by atoms with Crippen molar-refractivity contribution in [2.75, 3.05) is 12.3 Å². The minimum Gasteiger partial charge on any atom is -0.368 e. The van der Waals surface area contributed by atoms with E-state index in [0.29, 0.717) is 31.2 Å². The fourth-order valence-electron chi connectivity index (χ4n) is 4.57. The molecule has 9 nitrogen and oxygen atoms in total. The molecule has 1 aromatic carbocycles. The quantitative estimate of drug-likeness (QED) is 0.415. The SMILES string of the molecule is C[C@H]1CC[C@@H](c2nc3c4cc(F)cc(F)c4nc(N)n3n2)CN1C(=O)Cn1cc(C(F)(F)F)ccc1=O. The molecule has 3 aromatic heterocycles. The highest BCUT2D eigenvalue weighted by molar-refractivity contribution is 5.92. The number of likely N-dealkylation sites (tertiary alicyclic amines) is 1. The van der Waals surface area contributed by atoms with Gasteiger partial charge in [0.15, 0.2) is 17.3 Å². The van der Waals surface area contributed by atoms with Gasteiger partial charge in [0.25, 0.3) is 5.56 Å². The third-order valence-electron chi connectivity index (χ3n) is 6.52. The lowest BCUT2D eigenvalue weighted by atomic mass is 9.92. The Morgan fingerprint density at radius 3 is 2.65 bits per heavy atom. The van der Waals surface area contributed by atoms with E-state index in [4.69, 9.17) is 5.73 Å². The van der Waals surface area contributed by atoms with Crippen LogP contribution in [0.2, 0.25) is 0 Å². The number of halogens is 5. The van der Waals surface area contributed by atoms with Crippen LogP contribution in [0.3, 0.4) is 0 Å². The Hall–Kier alpha value is -4.10. The summed E-state index contributed by atoms with van der Waals surface area (Å²) in [6.45, 7) is 1.35. The topological polar surface area (TPSA) is 111 Å². The third kappa shape index (κ3) is 4.47. The maximum Gasteiger partial charge on any atom is 0.417 e. The van der Waals surface area contributed by atoms with Crippen LogP contribution < -0.4 is 11.3 Å². The summed E-state index contributed by atoms with van der Waals surface area (Å²) in [5, 5.41) is 4.43. The van der Waals surface area contributed by atoms with Crippen molar-refractivity contribution in [1.29, 1.82) is 0 Å². The Labute approximate surface area is 205 Å². The molecule has 0 spiro atoms. The van der Waals surface area contributed by atoms with Gasteiger partial charge in [-0.05, 0) is 31.9 Å². The third-order valence-corrected chi connectivity index (χ3v) is 6.52. The van der Waals surface area contributed by atoms with Crippen molar-refractivity contribution in [3.8, 4) is 0 Å². The maximum absolute atomic E-state index is 14.3. The number of nitrogens with two attached hydrogens (primary N) is 1. The molecule has 1 aliphatic heterocycles. The number of rotatable bonds is 3. The number of alkyl halides is 3. The number of nitrogens with zero attached hydrogens (tertiary/aromatic N) is 6. The van der Waals surface area contributed by atoms with Crippen molar-refractivity contribution in [3.63, 3.8) is 0 Å². The molecule has 0 radical (unpaired) electrons. The summed E-state index contributed by atoms with van der Waals surface area (Å²) in [7, 11) is 0. The molecule has 37 heavy (non-hydrogen) atoms. The number of fused-ring (bicyclic) bond motifs is 3. The second-order valence-corrected chi connectivity index (χ2v) is 9.01. The highest BCUT2D eigenvalue weighted by Gasteiger charge is 2.34. The molecule has 0 aliphatic carbocycles. The molecule has 0 unspecified atom stereocenters. The van der Waals surface area contributed by atoms with Crippen LogP contribution in [-0.4, -0.2) is 47.5 Å². The van der Waals surface area contributed by atoms with Crippen molar-refractivity contribution in [3.05, 3.63) is 63.8 Å². The predicted octanol–water partition coefficient (Wildman–Crippen LogP) is 3.11. The minimum absolute atomic E-state index is 0.0754. The van der Waals surface area contributed by atoms with Crippen LogP contribution in [0, 0.1) is 11.6 Å². The molecule has 4 aromatic rings. The first-order chi connectivity index (χ1) is 17.4. The number of amides is 1. The molecule has 14 heteroatoms. The van der Waals surface area contributed by atoms with E-state index in [2.05, 4.69) is 15.1 Å². The summed E-state index contributed by atoms with van der Waals surface area (Å²) >= 11 is 0. The van der Waals surface area contributed by atoms with Gasteiger partial charge >= 0.3 is 6.18 Å². The second kappa shape index (κ2) is 8.78. The van der Waals surface area contributed by atoms with E-state index in [9.17, 15) is 31.5 Å². The van der Waals surface area contributed by atoms with Crippen molar-refractivity contribution < 1.29 is 26.7 Å². The Bertz CT molecular complexity index is 1600. The molecular formula is C23H20F5N7O2. The monoisotopic (exact) mass is 521 g/mol. The molecule has 0 saturated carbocycles. The molecule has 1 fully saturated rings. The van der Waals surface area contributed by atoms with Crippen molar-refractivity contribution in [1.82, 2.24) is 29.0 Å². The fourth-order valence-corrected chi connectivity index (χ4v) is 4.57.